The Morgan fingerprint density at radius 2 is 2.27 bits per heavy atom. The Bertz CT molecular complexity index is 501. The van der Waals surface area contributed by atoms with Crippen molar-refractivity contribution in [3.63, 3.8) is 0 Å². The number of pyridine rings is 1. The van der Waals surface area contributed by atoms with E-state index in [1.54, 1.807) is 13.3 Å². The first kappa shape index (κ1) is 10.9. The number of benzene rings is 1. The van der Waals surface area contributed by atoms with Crippen LogP contribution in [0.15, 0.2) is 28.9 Å². The first-order chi connectivity index (χ1) is 7.24. The van der Waals surface area contributed by atoms with Crippen LogP contribution in [-0.4, -0.2) is 12.1 Å². The predicted octanol–water partition coefficient (Wildman–Crippen LogP) is 3.80. The standard InChI is InChI=1S/C11H9BrClNO/c1-15-6-7-3-2-4-8-10(12)9(13)5-14-11(7)8/h2-5H,6H2,1H3. The zero-order chi connectivity index (χ0) is 10.8. The van der Waals surface area contributed by atoms with E-state index in [0.717, 1.165) is 20.9 Å². The van der Waals surface area contributed by atoms with E-state index in [1.807, 2.05) is 18.2 Å². The molecule has 2 nitrogen and oxygen atoms in total. The van der Waals surface area contributed by atoms with E-state index in [2.05, 4.69) is 20.9 Å². The van der Waals surface area contributed by atoms with Gasteiger partial charge in [0.15, 0.2) is 0 Å². The molecule has 0 amide bonds. The van der Waals surface area contributed by atoms with Gasteiger partial charge in [-0.05, 0) is 15.9 Å². The third kappa shape index (κ3) is 2.00. The first-order valence-corrected chi connectivity index (χ1v) is 5.61. The molecule has 0 aliphatic carbocycles. The maximum Gasteiger partial charge on any atom is 0.0769 e. The van der Waals surface area contributed by atoms with Gasteiger partial charge in [-0.1, -0.05) is 29.8 Å². The second-order valence-electron chi connectivity index (χ2n) is 3.17. The summed E-state index contributed by atoms with van der Waals surface area (Å²) in [5.74, 6) is 0. The Balaban J connectivity index is 2.72. The van der Waals surface area contributed by atoms with Gasteiger partial charge in [-0.25, -0.2) is 0 Å². The van der Waals surface area contributed by atoms with Gasteiger partial charge in [-0.3, -0.25) is 4.98 Å². The lowest BCUT2D eigenvalue weighted by Crippen LogP contribution is -1.92. The molecule has 1 aromatic carbocycles. The third-order valence-electron chi connectivity index (χ3n) is 2.17. The average Bonchev–Trinajstić information content (AvgIpc) is 2.25. The minimum atomic E-state index is 0.554. The summed E-state index contributed by atoms with van der Waals surface area (Å²) in [6, 6.07) is 5.95. The number of ether oxygens (including phenoxy) is 1. The summed E-state index contributed by atoms with van der Waals surface area (Å²) in [5.41, 5.74) is 1.99. The molecule has 0 fully saturated rings. The summed E-state index contributed by atoms with van der Waals surface area (Å²) < 4.78 is 6.00. The number of aromatic nitrogens is 1. The lowest BCUT2D eigenvalue weighted by molar-refractivity contribution is 0.186. The minimum absolute atomic E-state index is 0.554. The van der Waals surface area contributed by atoms with Crippen LogP contribution in [0.5, 0.6) is 0 Å². The van der Waals surface area contributed by atoms with Crippen molar-refractivity contribution in [3.05, 3.63) is 39.5 Å². The molecule has 0 spiro atoms. The number of para-hydroxylation sites is 1. The Morgan fingerprint density at radius 3 is 3.00 bits per heavy atom. The van der Waals surface area contributed by atoms with E-state index >= 15 is 0 Å². The summed E-state index contributed by atoms with van der Waals surface area (Å²) in [6.07, 6.45) is 1.65. The molecule has 78 valence electrons. The average molecular weight is 287 g/mol. The second-order valence-corrected chi connectivity index (χ2v) is 4.37. The van der Waals surface area contributed by atoms with Crippen molar-refractivity contribution < 1.29 is 4.74 Å². The van der Waals surface area contributed by atoms with Crippen molar-refractivity contribution in [2.75, 3.05) is 7.11 Å². The molecule has 0 aliphatic rings. The van der Waals surface area contributed by atoms with Crippen LogP contribution in [-0.2, 0) is 11.3 Å². The fourth-order valence-electron chi connectivity index (χ4n) is 1.50. The van der Waals surface area contributed by atoms with Crippen molar-refractivity contribution in [3.8, 4) is 0 Å². The van der Waals surface area contributed by atoms with Gasteiger partial charge in [0.05, 0.1) is 17.1 Å². The number of nitrogens with zero attached hydrogens (tertiary/aromatic N) is 1. The predicted molar refractivity (Wildman–Crippen MR) is 65.2 cm³/mol. The highest BCUT2D eigenvalue weighted by atomic mass is 79.9. The molecule has 0 radical (unpaired) electrons. The first-order valence-electron chi connectivity index (χ1n) is 4.44. The number of hydrogen-bond acceptors (Lipinski definition) is 2. The van der Waals surface area contributed by atoms with Gasteiger partial charge in [0, 0.05) is 28.7 Å². The number of fused-ring (bicyclic) bond motifs is 1. The summed E-state index contributed by atoms with van der Waals surface area (Å²) >= 11 is 9.43. The van der Waals surface area contributed by atoms with Gasteiger partial charge in [-0.2, -0.15) is 0 Å². The van der Waals surface area contributed by atoms with E-state index < -0.39 is 0 Å². The van der Waals surface area contributed by atoms with Crippen molar-refractivity contribution >= 4 is 38.4 Å². The molecule has 4 heteroatoms. The molecular formula is C11H9BrClNO. The molecule has 0 unspecified atom stereocenters. The Morgan fingerprint density at radius 1 is 1.47 bits per heavy atom. The van der Waals surface area contributed by atoms with Crippen molar-refractivity contribution in [1.29, 1.82) is 0 Å². The molecule has 15 heavy (non-hydrogen) atoms. The van der Waals surface area contributed by atoms with Gasteiger partial charge in [0.25, 0.3) is 0 Å². The van der Waals surface area contributed by atoms with E-state index in [4.69, 9.17) is 16.3 Å². The second kappa shape index (κ2) is 4.47. The van der Waals surface area contributed by atoms with Crippen LogP contribution in [0.25, 0.3) is 10.9 Å². The summed E-state index contributed by atoms with van der Waals surface area (Å²) in [6.45, 7) is 0.554. The third-order valence-corrected chi connectivity index (χ3v) is 3.54. The zero-order valence-electron chi connectivity index (χ0n) is 8.13. The monoisotopic (exact) mass is 285 g/mol. The van der Waals surface area contributed by atoms with Crippen LogP contribution in [0.2, 0.25) is 5.02 Å². The summed E-state index contributed by atoms with van der Waals surface area (Å²) in [5, 5.41) is 1.63. The van der Waals surface area contributed by atoms with E-state index in [9.17, 15) is 0 Å². The molecular weight excluding hydrogens is 277 g/mol. The number of hydrogen-bond donors (Lipinski definition) is 0. The molecule has 2 aromatic rings. The van der Waals surface area contributed by atoms with E-state index in [0.29, 0.717) is 11.6 Å². The van der Waals surface area contributed by atoms with E-state index in [1.165, 1.54) is 0 Å². The van der Waals surface area contributed by atoms with Crippen LogP contribution in [0.4, 0.5) is 0 Å². The highest BCUT2D eigenvalue weighted by Gasteiger charge is 2.07. The highest BCUT2D eigenvalue weighted by Crippen LogP contribution is 2.30. The van der Waals surface area contributed by atoms with Gasteiger partial charge in [0.2, 0.25) is 0 Å². The van der Waals surface area contributed by atoms with Gasteiger partial charge in [-0.15, -0.1) is 0 Å². The van der Waals surface area contributed by atoms with Crippen LogP contribution >= 0.6 is 27.5 Å². The molecule has 0 aliphatic heterocycles. The van der Waals surface area contributed by atoms with Gasteiger partial charge >= 0.3 is 0 Å². The molecule has 0 atom stereocenters. The fraction of sp³-hybridized carbons (Fsp3) is 0.182. The lowest BCUT2D eigenvalue weighted by atomic mass is 10.1. The molecule has 2 rings (SSSR count). The molecule has 1 heterocycles. The summed E-state index contributed by atoms with van der Waals surface area (Å²) in [4.78, 5) is 4.32. The fourth-order valence-corrected chi connectivity index (χ4v) is 2.07. The zero-order valence-corrected chi connectivity index (χ0v) is 10.5. The van der Waals surface area contributed by atoms with Crippen LogP contribution < -0.4 is 0 Å². The highest BCUT2D eigenvalue weighted by molar-refractivity contribution is 9.10. The Hall–Kier alpha value is -0.640. The molecule has 0 saturated heterocycles. The lowest BCUT2D eigenvalue weighted by Gasteiger charge is -2.06. The molecule has 1 aromatic heterocycles. The van der Waals surface area contributed by atoms with Crippen molar-refractivity contribution in [1.82, 2.24) is 4.98 Å². The topological polar surface area (TPSA) is 22.1 Å². The smallest absolute Gasteiger partial charge is 0.0769 e. The molecule has 0 N–H and O–H groups in total. The minimum Gasteiger partial charge on any atom is -0.380 e. The Kier molecular flexibility index (Phi) is 3.24. The van der Waals surface area contributed by atoms with E-state index in [-0.39, 0.29) is 0 Å². The summed E-state index contributed by atoms with van der Waals surface area (Å²) in [7, 11) is 1.67. The largest absolute Gasteiger partial charge is 0.380 e. The van der Waals surface area contributed by atoms with Crippen LogP contribution in [0.3, 0.4) is 0 Å². The van der Waals surface area contributed by atoms with Crippen molar-refractivity contribution in [2.24, 2.45) is 0 Å². The maximum absolute atomic E-state index is 5.98. The molecule has 0 saturated carbocycles. The van der Waals surface area contributed by atoms with Crippen molar-refractivity contribution in [2.45, 2.75) is 6.61 Å². The normalized spacial score (nSPS) is 10.9. The SMILES string of the molecule is COCc1cccc2c(Br)c(Cl)cnc12. The van der Waals surface area contributed by atoms with Gasteiger partial charge < -0.3 is 4.74 Å². The van der Waals surface area contributed by atoms with Crippen LogP contribution in [0, 0.1) is 0 Å². The quantitative estimate of drug-likeness (QED) is 0.838. The Labute approximate surface area is 101 Å². The maximum atomic E-state index is 5.98. The number of methoxy groups -OCH3 is 1. The number of rotatable bonds is 2. The molecule has 0 bridgehead atoms. The number of halogens is 2. The van der Waals surface area contributed by atoms with Gasteiger partial charge in [0.1, 0.15) is 0 Å². The van der Waals surface area contributed by atoms with Crippen LogP contribution in [0.1, 0.15) is 5.56 Å².